The van der Waals surface area contributed by atoms with Gasteiger partial charge < -0.3 is 11.5 Å². The number of carbonyl (C=O) groups excluding carboxylic acids is 1. The summed E-state index contributed by atoms with van der Waals surface area (Å²) in [4.78, 5) is 14.7. The molecule has 1 amide bonds. The Morgan fingerprint density at radius 2 is 2.50 bits per heavy atom. The van der Waals surface area contributed by atoms with Gasteiger partial charge in [0.25, 0.3) is 0 Å². The van der Waals surface area contributed by atoms with Crippen molar-refractivity contribution in [3.05, 3.63) is 16.1 Å². The molecule has 12 heavy (non-hydrogen) atoms. The van der Waals surface area contributed by atoms with Gasteiger partial charge in [0.1, 0.15) is 0 Å². The second kappa shape index (κ2) is 3.64. The summed E-state index contributed by atoms with van der Waals surface area (Å²) in [5.41, 5.74) is 11.4. The van der Waals surface area contributed by atoms with Gasteiger partial charge in [-0.05, 0) is 6.92 Å². The molecule has 0 aliphatic heterocycles. The van der Waals surface area contributed by atoms with Crippen molar-refractivity contribution in [2.75, 3.05) is 0 Å². The zero-order chi connectivity index (χ0) is 9.14. The maximum atomic E-state index is 10.5. The van der Waals surface area contributed by atoms with E-state index >= 15 is 0 Å². The first kappa shape index (κ1) is 9.15. The molecule has 66 valence electrons. The third-order valence-corrected chi connectivity index (χ3v) is 2.23. The van der Waals surface area contributed by atoms with Gasteiger partial charge in [-0.15, -0.1) is 11.3 Å². The Balaban J connectivity index is 2.64. The van der Waals surface area contributed by atoms with E-state index in [1.807, 2.05) is 12.3 Å². The standard InChI is InChI=1S/C7H11N3OS/c1-4-10-6(3-12-4)5(8)2-7(9)11/h3,5H,2,8H2,1H3,(H2,9,11). The van der Waals surface area contributed by atoms with E-state index < -0.39 is 5.91 Å². The molecule has 0 saturated heterocycles. The smallest absolute Gasteiger partial charge is 0.219 e. The van der Waals surface area contributed by atoms with Crippen molar-refractivity contribution in [2.45, 2.75) is 19.4 Å². The van der Waals surface area contributed by atoms with Gasteiger partial charge in [-0.3, -0.25) is 4.79 Å². The number of nitrogens with zero attached hydrogens (tertiary/aromatic N) is 1. The average molecular weight is 185 g/mol. The molecular weight excluding hydrogens is 174 g/mol. The summed E-state index contributed by atoms with van der Waals surface area (Å²) in [5, 5.41) is 2.80. The number of aryl methyl sites for hydroxylation is 1. The molecule has 1 unspecified atom stereocenters. The number of hydrogen-bond donors (Lipinski definition) is 2. The highest BCUT2D eigenvalue weighted by atomic mass is 32.1. The van der Waals surface area contributed by atoms with E-state index in [9.17, 15) is 4.79 Å². The lowest BCUT2D eigenvalue weighted by Crippen LogP contribution is -2.20. The molecule has 1 atom stereocenters. The quantitative estimate of drug-likeness (QED) is 0.711. The summed E-state index contributed by atoms with van der Waals surface area (Å²) < 4.78 is 0. The fraction of sp³-hybridized carbons (Fsp3) is 0.429. The van der Waals surface area contributed by atoms with Gasteiger partial charge in [0.15, 0.2) is 0 Å². The lowest BCUT2D eigenvalue weighted by atomic mass is 10.2. The molecular formula is C7H11N3OS. The van der Waals surface area contributed by atoms with Gasteiger partial charge in [-0.2, -0.15) is 0 Å². The van der Waals surface area contributed by atoms with Gasteiger partial charge in [0, 0.05) is 11.8 Å². The molecule has 1 heterocycles. The van der Waals surface area contributed by atoms with E-state index in [0.29, 0.717) is 0 Å². The van der Waals surface area contributed by atoms with Crippen molar-refractivity contribution >= 4 is 17.2 Å². The van der Waals surface area contributed by atoms with Crippen LogP contribution >= 0.6 is 11.3 Å². The second-order valence-electron chi connectivity index (χ2n) is 2.57. The third-order valence-electron chi connectivity index (χ3n) is 1.44. The second-order valence-corrected chi connectivity index (χ2v) is 3.63. The predicted octanol–water partition coefficient (Wildman–Crippen LogP) is 0.327. The Morgan fingerprint density at radius 3 is 2.92 bits per heavy atom. The SMILES string of the molecule is Cc1nc(C(N)CC(N)=O)cs1. The summed E-state index contributed by atoms with van der Waals surface area (Å²) in [7, 11) is 0. The maximum absolute atomic E-state index is 10.5. The molecule has 1 rings (SSSR count). The molecule has 1 aromatic rings. The number of thiazole rings is 1. The normalized spacial score (nSPS) is 12.8. The van der Waals surface area contributed by atoms with Crippen molar-refractivity contribution in [1.82, 2.24) is 4.98 Å². The average Bonchev–Trinajstić information content (AvgIpc) is 2.34. The molecule has 0 aliphatic carbocycles. The molecule has 0 aromatic carbocycles. The molecule has 0 aliphatic rings. The first-order valence-electron chi connectivity index (χ1n) is 3.55. The monoisotopic (exact) mass is 185 g/mol. The minimum Gasteiger partial charge on any atom is -0.370 e. The number of amides is 1. The Hall–Kier alpha value is -0.940. The Labute approximate surface area is 74.6 Å². The van der Waals surface area contributed by atoms with Gasteiger partial charge in [-0.1, -0.05) is 0 Å². The number of nitrogens with two attached hydrogens (primary N) is 2. The van der Waals surface area contributed by atoms with Crippen LogP contribution in [0, 0.1) is 6.92 Å². The molecule has 4 nitrogen and oxygen atoms in total. The fourth-order valence-corrected chi connectivity index (χ4v) is 1.55. The highest BCUT2D eigenvalue weighted by Crippen LogP contribution is 2.16. The van der Waals surface area contributed by atoms with Crippen molar-refractivity contribution in [3.8, 4) is 0 Å². The Kier molecular flexibility index (Phi) is 2.78. The number of carbonyl (C=O) groups is 1. The molecule has 0 spiro atoms. The van der Waals surface area contributed by atoms with Gasteiger partial charge in [0.2, 0.25) is 5.91 Å². The van der Waals surface area contributed by atoms with Crippen LogP contribution in [0.3, 0.4) is 0 Å². The van der Waals surface area contributed by atoms with E-state index in [2.05, 4.69) is 4.98 Å². The highest BCUT2D eigenvalue weighted by Gasteiger charge is 2.11. The fourth-order valence-electron chi connectivity index (χ4n) is 0.872. The lowest BCUT2D eigenvalue weighted by Gasteiger charge is -2.04. The molecule has 1 aromatic heterocycles. The van der Waals surface area contributed by atoms with Crippen LogP contribution in [-0.4, -0.2) is 10.9 Å². The molecule has 0 saturated carbocycles. The lowest BCUT2D eigenvalue weighted by molar-refractivity contribution is -0.118. The van der Waals surface area contributed by atoms with Crippen LogP contribution in [0.1, 0.15) is 23.2 Å². The Morgan fingerprint density at radius 1 is 1.83 bits per heavy atom. The summed E-state index contributed by atoms with van der Waals surface area (Å²) in [6.07, 6.45) is 0.156. The minimum atomic E-state index is -0.395. The van der Waals surface area contributed by atoms with Crippen molar-refractivity contribution in [2.24, 2.45) is 11.5 Å². The van der Waals surface area contributed by atoms with Crippen LogP contribution in [-0.2, 0) is 4.79 Å². The molecule has 4 N–H and O–H groups in total. The largest absolute Gasteiger partial charge is 0.370 e. The predicted molar refractivity (Wildman–Crippen MR) is 47.6 cm³/mol. The summed E-state index contributed by atoms with van der Waals surface area (Å²) >= 11 is 1.52. The summed E-state index contributed by atoms with van der Waals surface area (Å²) in [5.74, 6) is -0.395. The van der Waals surface area contributed by atoms with Gasteiger partial charge in [0.05, 0.1) is 16.7 Å². The molecule has 0 fully saturated rings. The zero-order valence-corrected chi connectivity index (χ0v) is 7.60. The zero-order valence-electron chi connectivity index (χ0n) is 6.78. The van der Waals surface area contributed by atoms with Crippen LogP contribution in [0.5, 0.6) is 0 Å². The van der Waals surface area contributed by atoms with Crippen LogP contribution in [0.15, 0.2) is 5.38 Å². The number of aromatic nitrogens is 1. The topological polar surface area (TPSA) is 82.0 Å². The minimum absolute atomic E-state index is 0.156. The van der Waals surface area contributed by atoms with Crippen LogP contribution in [0.4, 0.5) is 0 Å². The highest BCUT2D eigenvalue weighted by molar-refractivity contribution is 7.09. The molecule has 0 bridgehead atoms. The number of hydrogen-bond acceptors (Lipinski definition) is 4. The van der Waals surface area contributed by atoms with E-state index in [0.717, 1.165) is 10.7 Å². The van der Waals surface area contributed by atoms with E-state index in [-0.39, 0.29) is 12.5 Å². The number of primary amides is 1. The number of rotatable bonds is 3. The van der Waals surface area contributed by atoms with Crippen LogP contribution in [0.25, 0.3) is 0 Å². The van der Waals surface area contributed by atoms with Crippen LogP contribution < -0.4 is 11.5 Å². The maximum Gasteiger partial charge on any atom is 0.219 e. The summed E-state index contributed by atoms with van der Waals surface area (Å²) in [6, 6.07) is -0.354. The van der Waals surface area contributed by atoms with E-state index in [1.165, 1.54) is 11.3 Å². The molecule has 0 radical (unpaired) electrons. The van der Waals surface area contributed by atoms with Crippen LogP contribution in [0.2, 0.25) is 0 Å². The van der Waals surface area contributed by atoms with Crippen molar-refractivity contribution < 1.29 is 4.79 Å². The summed E-state index contributed by atoms with van der Waals surface area (Å²) in [6.45, 7) is 1.89. The molecule has 5 heteroatoms. The van der Waals surface area contributed by atoms with Crippen molar-refractivity contribution in [1.29, 1.82) is 0 Å². The van der Waals surface area contributed by atoms with E-state index in [4.69, 9.17) is 11.5 Å². The van der Waals surface area contributed by atoms with Gasteiger partial charge >= 0.3 is 0 Å². The first-order chi connectivity index (χ1) is 5.59. The first-order valence-corrected chi connectivity index (χ1v) is 4.43. The van der Waals surface area contributed by atoms with Gasteiger partial charge in [-0.25, -0.2) is 4.98 Å². The third kappa shape index (κ3) is 2.28. The van der Waals surface area contributed by atoms with Crippen molar-refractivity contribution in [3.63, 3.8) is 0 Å². The van der Waals surface area contributed by atoms with E-state index in [1.54, 1.807) is 0 Å². The Bertz CT molecular complexity index is 284.